The van der Waals surface area contributed by atoms with Gasteiger partial charge in [0.2, 0.25) is 11.9 Å². The Hall–Kier alpha value is -2.63. The Labute approximate surface area is 185 Å². The second-order valence-electron chi connectivity index (χ2n) is 9.13. The van der Waals surface area contributed by atoms with Crippen LogP contribution in [0.15, 0.2) is 30.5 Å². The highest BCUT2D eigenvalue weighted by atomic mass is 16.5. The van der Waals surface area contributed by atoms with Crippen molar-refractivity contribution < 1.29 is 9.53 Å². The third-order valence-corrected chi connectivity index (χ3v) is 6.70. The van der Waals surface area contributed by atoms with Gasteiger partial charge in [0.15, 0.2) is 0 Å². The molecule has 0 spiro atoms. The first-order valence-electron chi connectivity index (χ1n) is 11.5. The number of carbonyl (C=O) groups is 1. The number of hydrogen-bond acceptors (Lipinski definition) is 5. The van der Waals surface area contributed by atoms with Crippen LogP contribution in [0.4, 0.5) is 5.95 Å². The Morgan fingerprint density at radius 3 is 2.74 bits per heavy atom. The first-order valence-corrected chi connectivity index (χ1v) is 11.5. The first-order chi connectivity index (χ1) is 15.0. The minimum atomic E-state index is 0.221. The van der Waals surface area contributed by atoms with E-state index in [1.54, 1.807) is 7.11 Å². The highest BCUT2D eigenvalue weighted by molar-refractivity contribution is 5.77. The molecular weight excluding hydrogens is 388 g/mol. The smallest absolute Gasteiger partial charge is 0.225 e. The number of benzene rings is 1. The topological polar surface area (TPSA) is 58.6 Å². The molecule has 2 aliphatic rings. The van der Waals surface area contributed by atoms with Crippen LogP contribution >= 0.6 is 0 Å². The van der Waals surface area contributed by atoms with Crippen molar-refractivity contribution in [3.8, 4) is 16.9 Å². The van der Waals surface area contributed by atoms with E-state index in [1.165, 1.54) is 32.1 Å². The summed E-state index contributed by atoms with van der Waals surface area (Å²) in [6.07, 6.45) is 9.86. The molecule has 0 radical (unpaired) electrons. The zero-order valence-electron chi connectivity index (χ0n) is 19.0. The van der Waals surface area contributed by atoms with Gasteiger partial charge in [-0.3, -0.25) is 4.79 Å². The number of amides is 1. The van der Waals surface area contributed by atoms with E-state index in [9.17, 15) is 4.79 Å². The average Bonchev–Trinajstić information content (AvgIpc) is 3.30. The average molecular weight is 423 g/mol. The molecule has 6 heteroatoms. The predicted molar refractivity (Wildman–Crippen MR) is 123 cm³/mol. The minimum Gasteiger partial charge on any atom is -0.497 e. The molecule has 0 bridgehead atoms. The third-order valence-electron chi connectivity index (χ3n) is 6.70. The number of nitrogens with zero attached hydrogens (tertiary/aromatic N) is 4. The summed E-state index contributed by atoms with van der Waals surface area (Å²) in [5.41, 5.74) is 3.10. The van der Waals surface area contributed by atoms with Crippen molar-refractivity contribution in [3.05, 3.63) is 36.2 Å². The lowest BCUT2D eigenvalue weighted by molar-refractivity contribution is -0.131. The quantitative estimate of drug-likeness (QED) is 0.686. The summed E-state index contributed by atoms with van der Waals surface area (Å²) in [6, 6.07) is 8.03. The number of anilines is 1. The lowest BCUT2D eigenvalue weighted by Crippen LogP contribution is -2.30. The number of hydrogen-bond donors (Lipinski definition) is 0. The van der Waals surface area contributed by atoms with E-state index in [0.29, 0.717) is 24.2 Å². The summed E-state index contributed by atoms with van der Waals surface area (Å²) in [5, 5.41) is 0. The van der Waals surface area contributed by atoms with Crippen LogP contribution < -0.4 is 9.64 Å². The lowest BCUT2D eigenvalue weighted by Gasteiger charge is -2.24. The first kappa shape index (κ1) is 21.6. The normalized spacial score (nSPS) is 19.5. The van der Waals surface area contributed by atoms with Crippen LogP contribution in [0.2, 0.25) is 0 Å². The van der Waals surface area contributed by atoms with Gasteiger partial charge in [0.1, 0.15) is 5.75 Å². The number of ether oxygens (including phenoxy) is 1. The number of methoxy groups -OCH3 is 1. The molecule has 2 fully saturated rings. The fourth-order valence-electron chi connectivity index (χ4n) is 4.90. The van der Waals surface area contributed by atoms with Crippen LogP contribution in [0.5, 0.6) is 5.75 Å². The van der Waals surface area contributed by atoms with Gasteiger partial charge in [-0.25, -0.2) is 9.97 Å². The molecule has 0 unspecified atom stereocenters. The van der Waals surface area contributed by atoms with Gasteiger partial charge in [-0.05, 0) is 42.9 Å². The van der Waals surface area contributed by atoms with Crippen LogP contribution in [0.3, 0.4) is 0 Å². The summed E-state index contributed by atoms with van der Waals surface area (Å²) in [4.78, 5) is 26.5. The Morgan fingerprint density at radius 2 is 2.00 bits per heavy atom. The molecule has 31 heavy (non-hydrogen) atoms. The highest BCUT2D eigenvalue weighted by Crippen LogP contribution is 2.36. The van der Waals surface area contributed by atoms with Crippen molar-refractivity contribution in [1.82, 2.24) is 14.9 Å². The van der Waals surface area contributed by atoms with Gasteiger partial charge in [0, 0.05) is 51.3 Å². The van der Waals surface area contributed by atoms with Crippen molar-refractivity contribution in [3.63, 3.8) is 0 Å². The third kappa shape index (κ3) is 5.00. The van der Waals surface area contributed by atoms with E-state index in [-0.39, 0.29) is 5.92 Å². The molecule has 1 aliphatic heterocycles. The van der Waals surface area contributed by atoms with Crippen molar-refractivity contribution in [1.29, 1.82) is 0 Å². The summed E-state index contributed by atoms with van der Waals surface area (Å²) >= 11 is 0. The number of likely N-dealkylation sites (tertiary alicyclic amines) is 1. The van der Waals surface area contributed by atoms with Gasteiger partial charge in [0.05, 0.1) is 12.8 Å². The number of carbonyl (C=O) groups excluding carboxylic acids is 1. The van der Waals surface area contributed by atoms with E-state index < -0.39 is 0 Å². The highest BCUT2D eigenvalue weighted by Gasteiger charge is 2.31. The molecule has 1 saturated heterocycles. The monoisotopic (exact) mass is 422 g/mol. The zero-order valence-corrected chi connectivity index (χ0v) is 19.0. The molecule has 166 valence electrons. The molecule has 1 aliphatic carbocycles. The molecule has 1 amide bonds. The molecule has 1 atom stereocenters. The predicted octanol–water partition coefficient (Wildman–Crippen LogP) is 4.50. The van der Waals surface area contributed by atoms with Crippen LogP contribution in [0, 0.1) is 5.92 Å². The van der Waals surface area contributed by atoms with Crippen LogP contribution in [-0.4, -0.2) is 55.1 Å². The van der Waals surface area contributed by atoms with Gasteiger partial charge >= 0.3 is 0 Å². The maximum Gasteiger partial charge on any atom is 0.225 e. The van der Waals surface area contributed by atoms with Gasteiger partial charge in [0.25, 0.3) is 0 Å². The Balaban J connectivity index is 1.56. The van der Waals surface area contributed by atoms with Crippen LogP contribution in [0.1, 0.15) is 56.6 Å². The SMILES string of the molecule is COc1cccc(-c2cnc(N(C)C)nc2[C@@H]2CCN(C(=O)CC3CCCCC3)C2)c1. The summed E-state index contributed by atoms with van der Waals surface area (Å²) in [7, 11) is 5.59. The molecular formula is C25H34N4O2. The molecule has 6 nitrogen and oxygen atoms in total. The molecule has 0 N–H and O–H groups in total. The Morgan fingerprint density at radius 1 is 1.19 bits per heavy atom. The van der Waals surface area contributed by atoms with Gasteiger partial charge < -0.3 is 14.5 Å². The molecule has 1 saturated carbocycles. The second kappa shape index (κ2) is 9.67. The van der Waals surface area contributed by atoms with Crippen LogP contribution in [-0.2, 0) is 4.79 Å². The Bertz CT molecular complexity index is 908. The van der Waals surface area contributed by atoms with E-state index in [4.69, 9.17) is 9.72 Å². The van der Waals surface area contributed by atoms with E-state index in [0.717, 1.165) is 42.1 Å². The van der Waals surface area contributed by atoms with Crippen LogP contribution in [0.25, 0.3) is 11.1 Å². The molecule has 1 aromatic carbocycles. The summed E-state index contributed by atoms with van der Waals surface area (Å²) in [6.45, 7) is 1.56. The van der Waals surface area contributed by atoms with Gasteiger partial charge in [-0.15, -0.1) is 0 Å². The summed E-state index contributed by atoms with van der Waals surface area (Å²) < 4.78 is 5.42. The van der Waals surface area contributed by atoms with Gasteiger partial charge in [-0.2, -0.15) is 0 Å². The fourth-order valence-corrected chi connectivity index (χ4v) is 4.90. The number of aromatic nitrogens is 2. The number of rotatable bonds is 6. The van der Waals surface area contributed by atoms with E-state index >= 15 is 0 Å². The maximum absolute atomic E-state index is 13.0. The molecule has 2 aromatic rings. The minimum absolute atomic E-state index is 0.221. The molecule has 2 heterocycles. The van der Waals surface area contributed by atoms with Crippen molar-refractivity contribution >= 4 is 11.9 Å². The Kier molecular flexibility index (Phi) is 6.73. The van der Waals surface area contributed by atoms with Gasteiger partial charge in [-0.1, -0.05) is 31.4 Å². The fraction of sp³-hybridized carbons (Fsp3) is 0.560. The second-order valence-corrected chi connectivity index (χ2v) is 9.13. The molecule has 4 rings (SSSR count). The maximum atomic E-state index is 13.0. The summed E-state index contributed by atoms with van der Waals surface area (Å²) in [5.74, 6) is 2.63. The molecule has 1 aromatic heterocycles. The van der Waals surface area contributed by atoms with E-state index in [2.05, 4.69) is 16.0 Å². The lowest BCUT2D eigenvalue weighted by atomic mass is 9.86. The van der Waals surface area contributed by atoms with Crippen molar-refractivity contribution in [2.24, 2.45) is 5.92 Å². The van der Waals surface area contributed by atoms with E-state index in [1.807, 2.05) is 43.4 Å². The van der Waals surface area contributed by atoms with Crippen molar-refractivity contribution in [2.45, 2.75) is 50.9 Å². The van der Waals surface area contributed by atoms with Crippen molar-refractivity contribution in [2.75, 3.05) is 39.2 Å². The zero-order chi connectivity index (χ0) is 21.8. The standard InChI is InChI=1S/C25H34N4O2/c1-28(2)25-26-16-22(19-10-7-11-21(15-19)31-3)24(27-25)20-12-13-29(17-20)23(30)14-18-8-5-4-6-9-18/h7,10-11,15-16,18,20H,4-6,8-9,12-14,17H2,1-3H3/t20-/m1/s1. The largest absolute Gasteiger partial charge is 0.497 e.